The molecule has 0 spiro atoms. The fourth-order valence-electron chi connectivity index (χ4n) is 2.13. The van der Waals surface area contributed by atoms with Crippen molar-refractivity contribution in [2.45, 2.75) is 20.0 Å². The number of aromatic hydroxyl groups is 1. The summed E-state index contributed by atoms with van der Waals surface area (Å²) in [6.07, 6.45) is -0.441. The van der Waals surface area contributed by atoms with E-state index in [-0.39, 0.29) is 35.0 Å². The van der Waals surface area contributed by atoms with Crippen molar-refractivity contribution in [3.05, 3.63) is 59.2 Å². The highest BCUT2D eigenvalue weighted by atomic mass is 16.5. The molecule has 0 saturated heterocycles. The largest absolute Gasteiger partial charge is 0.504 e. The highest BCUT2D eigenvalue weighted by molar-refractivity contribution is 5.97. The summed E-state index contributed by atoms with van der Waals surface area (Å²) < 4.78 is 5.53. The Morgan fingerprint density at radius 2 is 1.77 bits per heavy atom. The number of carbonyl (C=O) groups is 2. The Morgan fingerprint density at radius 1 is 1.09 bits per heavy atom. The molecule has 0 fully saturated rings. The van der Waals surface area contributed by atoms with Crippen LogP contribution in [0.15, 0.2) is 42.5 Å². The number of rotatable bonds is 6. The smallest absolute Gasteiger partial charge is 0.307 e. The van der Waals surface area contributed by atoms with Crippen LogP contribution in [0.1, 0.15) is 28.4 Å². The molecule has 0 aliphatic heterocycles. The number of phenols is 1. The van der Waals surface area contributed by atoms with Crippen LogP contribution >= 0.6 is 0 Å². The number of carbonyl (C=O) groups excluding carboxylic acids is 1. The van der Waals surface area contributed by atoms with Crippen molar-refractivity contribution < 1.29 is 24.5 Å². The van der Waals surface area contributed by atoms with Crippen molar-refractivity contribution in [3.63, 3.8) is 0 Å². The molecule has 0 saturated carbocycles. The Hall–Kier alpha value is -2.82. The van der Waals surface area contributed by atoms with Gasteiger partial charge < -0.3 is 14.9 Å². The first kappa shape index (κ1) is 15.6. The molecule has 2 rings (SSSR count). The van der Waals surface area contributed by atoms with Crippen LogP contribution in [0.25, 0.3) is 0 Å². The summed E-state index contributed by atoms with van der Waals surface area (Å²) in [6, 6.07) is 12.3. The van der Waals surface area contributed by atoms with Crippen LogP contribution in [0, 0.1) is 0 Å². The average molecular weight is 300 g/mol. The lowest BCUT2D eigenvalue weighted by atomic mass is 10.00. The van der Waals surface area contributed by atoms with Crippen molar-refractivity contribution in [3.8, 4) is 11.5 Å². The summed E-state index contributed by atoms with van der Waals surface area (Å²) >= 11 is 0. The maximum atomic E-state index is 11.5. The number of hydrogen-bond acceptors (Lipinski definition) is 4. The summed E-state index contributed by atoms with van der Waals surface area (Å²) in [7, 11) is 0. The first-order chi connectivity index (χ1) is 10.5. The maximum absolute atomic E-state index is 11.5. The molecule has 114 valence electrons. The molecule has 2 aromatic carbocycles. The van der Waals surface area contributed by atoms with Crippen LogP contribution in [0.3, 0.4) is 0 Å². The zero-order chi connectivity index (χ0) is 16.1. The number of carboxylic acids is 1. The number of benzene rings is 2. The minimum Gasteiger partial charge on any atom is -0.504 e. The quantitative estimate of drug-likeness (QED) is 0.801. The van der Waals surface area contributed by atoms with Gasteiger partial charge in [0.25, 0.3) is 0 Å². The molecule has 2 aromatic rings. The van der Waals surface area contributed by atoms with E-state index in [1.165, 1.54) is 19.1 Å². The van der Waals surface area contributed by atoms with Gasteiger partial charge in [0.1, 0.15) is 6.61 Å². The van der Waals surface area contributed by atoms with Crippen LogP contribution in [-0.4, -0.2) is 22.0 Å². The molecule has 2 N–H and O–H groups in total. The van der Waals surface area contributed by atoms with Gasteiger partial charge in [-0.15, -0.1) is 0 Å². The van der Waals surface area contributed by atoms with Gasteiger partial charge in [0.05, 0.1) is 6.42 Å². The zero-order valence-electron chi connectivity index (χ0n) is 12.1. The fourth-order valence-corrected chi connectivity index (χ4v) is 2.13. The van der Waals surface area contributed by atoms with E-state index in [1.807, 2.05) is 30.3 Å². The first-order valence-electron chi connectivity index (χ1n) is 6.73. The van der Waals surface area contributed by atoms with Gasteiger partial charge in [-0.1, -0.05) is 30.3 Å². The molecule has 0 bridgehead atoms. The van der Waals surface area contributed by atoms with E-state index in [4.69, 9.17) is 9.84 Å². The van der Waals surface area contributed by atoms with E-state index >= 15 is 0 Å². The molecular formula is C17H16O5. The highest BCUT2D eigenvalue weighted by Crippen LogP contribution is 2.33. The van der Waals surface area contributed by atoms with E-state index in [0.717, 1.165) is 5.56 Å². The number of carboxylic acid groups (broad SMARTS) is 1. The molecule has 0 atom stereocenters. The Balaban J connectivity index is 2.29. The van der Waals surface area contributed by atoms with Crippen LogP contribution < -0.4 is 4.74 Å². The third-order valence-electron chi connectivity index (χ3n) is 3.19. The van der Waals surface area contributed by atoms with Gasteiger partial charge >= 0.3 is 5.97 Å². The van der Waals surface area contributed by atoms with Crippen LogP contribution in [0.5, 0.6) is 11.5 Å². The molecule has 0 unspecified atom stereocenters. The second-order valence-corrected chi connectivity index (χ2v) is 4.84. The topological polar surface area (TPSA) is 83.8 Å². The summed E-state index contributed by atoms with van der Waals surface area (Å²) in [6.45, 7) is 1.56. The summed E-state index contributed by atoms with van der Waals surface area (Å²) in [5.74, 6) is -1.57. The van der Waals surface area contributed by atoms with Gasteiger partial charge in [-0.2, -0.15) is 0 Å². The van der Waals surface area contributed by atoms with E-state index in [0.29, 0.717) is 0 Å². The number of hydrogen-bond donors (Lipinski definition) is 2. The lowest BCUT2D eigenvalue weighted by molar-refractivity contribution is -0.136. The SMILES string of the molecule is CC(=O)c1ccc(OCc2ccccc2)c(O)c1CC(=O)O. The molecule has 0 aromatic heterocycles. The summed E-state index contributed by atoms with van der Waals surface area (Å²) in [5, 5.41) is 19.1. The zero-order valence-corrected chi connectivity index (χ0v) is 12.1. The molecule has 22 heavy (non-hydrogen) atoms. The number of aliphatic carboxylic acids is 1. The van der Waals surface area contributed by atoms with E-state index in [1.54, 1.807) is 0 Å². The lowest BCUT2D eigenvalue weighted by Crippen LogP contribution is -2.08. The van der Waals surface area contributed by atoms with Gasteiger partial charge in [-0.25, -0.2) is 0 Å². The lowest BCUT2D eigenvalue weighted by Gasteiger charge is -2.13. The Morgan fingerprint density at radius 3 is 2.36 bits per heavy atom. The van der Waals surface area contributed by atoms with Crippen molar-refractivity contribution in [2.24, 2.45) is 0 Å². The third kappa shape index (κ3) is 3.63. The third-order valence-corrected chi connectivity index (χ3v) is 3.19. The predicted octanol–water partition coefficient (Wildman–Crippen LogP) is 2.80. The van der Waals surface area contributed by atoms with Crippen LogP contribution in [-0.2, 0) is 17.8 Å². The van der Waals surface area contributed by atoms with Gasteiger partial charge in [0, 0.05) is 11.1 Å². The fraction of sp³-hybridized carbons (Fsp3) is 0.176. The van der Waals surface area contributed by atoms with Crippen molar-refractivity contribution in [1.29, 1.82) is 0 Å². The van der Waals surface area contributed by atoms with Gasteiger partial charge in [0.2, 0.25) is 0 Å². The standard InChI is InChI=1S/C17H16O5/c1-11(18)13-7-8-15(17(21)14(13)9-16(19)20)22-10-12-5-3-2-4-6-12/h2-8,21H,9-10H2,1H3,(H,19,20). The molecule has 5 nitrogen and oxygen atoms in total. The molecular weight excluding hydrogens is 284 g/mol. The predicted molar refractivity (Wildman–Crippen MR) is 80.2 cm³/mol. The van der Waals surface area contributed by atoms with Gasteiger partial charge in [0.15, 0.2) is 17.3 Å². The maximum Gasteiger partial charge on any atom is 0.307 e. The average Bonchev–Trinajstić information content (AvgIpc) is 2.48. The minimum absolute atomic E-state index is 0.0746. The van der Waals surface area contributed by atoms with Crippen LogP contribution in [0.4, 0.5) is 0 Å². The Bertz CT molecular complexity index is 692. The van der Waals surface area contributed by atoms with Crippen LogP contribution in [0.2, 0.25) is 0 Å². The summed E-state index contributed by atoms with van der Waals surface area (Å²) in [5.41, 5.74) is 1.18. The minimum atomic E-state index is -1.13. The number of Topliss-reactive ketones (excluding diaryl/α,β-unsaturated/α-hetero) is 1. The van der Waals surface area contributed by atoms with Gasteiger partial charge in [-0.3, -0.25) is 9.59 Å². The van der Waals surface area contributed by atoms with Gasteiger partial charge in [-0.05, 0) is 24.6 Å². The van der Waals surface area contributed by atoms with E-state index in [9.17, 15) is 14.7 Å². The van der Waals surface area contributed by atoms with E-state index < -0.39 is 12.4 Å². The highest BCUT2D eigenvalue weighted by Gasteiger charge is 2.18. The second kappa shape index (κ2) is 6.76. The number of ether oxygens (including phenoxy) is 1. The first-order valence-corrected chi connectivity index (χ1v) is 6.73. The Kier molecular flexibility index (Phi) is 4.78. The molecule has 5 heteroatoms. The molecule has 0 aliphatic carbocycles. The van der Waals surface area contributed by atoms with Crippen molar-refractivity contribution in [2.75, 3.05) is 0 Å². The molecule has 0 amide bonds. The molecule has 0 aliphatic rings. The second-order valence-electron chi connectivity index (χ2n) is 4.84. The Labute approximate surface area is 127 Å². The number of ketones is 1. The normalized spacial score (nSPS) is 10.2. The monoisotopic (exact) mass is 300 g/mol. The molecule has 0 heterocycles. The number of phenolic OH excluding ortho intramolecular Hbond substituents is 1. The van der Waals surface area contributed by atoms with E-state index in [2.05, 4.69) is 0 Å². The molecule has 0 radical (unpaired) electrons. The summed E-state index contributed by atoms with van der Waals surface area (Å²) in [4.78, 5) is 22.5. The van der Waals surface area contributed by atoms with Crippen molar-refractivity contribution >= 4 is 11.8 Å². The van der Waals surface area contributed by atoms with Crippen molar-refractivity contribution in [1.82, 2.24) is 0 Å².